The average molecular weight is 251 g/mol. The third-order valence-electron chi connectivity index (χ3n) is 1.76. The van der Waals surface area contributed by atoms with E-state index in [1.807, 2.05) is 18.7 Å². The number of hydrogen-bond donors (Lipinski definition) is 0. The maximum Gasteiger partial charge on any atom is 0.170 e. The number of aromatic nitrogens is 2. The van der Waals surface area contributed by atoms with E-state index in [-0.39, 0.29) is 0 Å². The molecule has 80 valence electrons. The fourth-order valence-electron chi connectivity index (χ4n) is 1.05. The Balaban J connectivity index is 1.99. The standard InChI is InChI=1S/C9H15ClN2S2/c1-8-11-9(14-12-8)13-7-5-3-2-4-6-10/h2-7H2,1H3. The third-order valence-corrected chi connectivity index (χ3v) is 4.04. The Hall–Kier alpha value is 0.200. The van der Waals surface area contributed by atoms with Crippen LogP contribution in [-0.2, 0) is 0 Å². The predicted octanol–water partition coefficient (Wildman–Crippen LogP) is 3.74. The zero-order valence-corrected chi connectivity index (χ0v) is 10.7. The summed E-state index contributed by atoms with van der Waals surface area (Å²) < 4.78 is 5.23. The van der Waals surface area contributed by atoms with Crippen molar-refractivity contribution in [3.63, 3.8) is 0 Å². The first-order chi connectivity index (χ1) is 6.83. The number of hydrogen-bond acceptors (Lipinski definition) is 4. The van der Waals surface area contributed by atoms with Crippen molar-refractivity contribution in [2.45, 2.75) is 36.9 Å². The Labute approximate surface area is 98.6 Å². The first-order valence-corrected chi connectivity index (χ1v) is 7.11. The lowest BCUT2D eigenvalue weighted by atomic mass is 10.2. The minimum atomic E-state index is 0.794. The third kappa shape index (κ3) is 5.17. The molecular weight excluding hydrogens is 236 g/mol. The lowest BCUT2D eigenvalue weighted by Gasteiger charge is -1.97. The number of rotatable bonds is 7. The molecule has 0 unspecified atom stereocenters. The normalized spacial score (nSPS) is 10.7. The van der Waals surface area contributed by atoms with Crippen molar-refractivity contribution in [2.24, 2.45) is 0 Å². The first-order valence-electron chi connectivity index (χ1n) is 4.82. The minimum absolute atomic E-state index is 0.794. The first kappa shape index (κ1) is 12.3. The second kappa shape index (κ2) is 7.49. The van der Waals surface area contributed by atoms with E-state index in [0.717, 1.165) is 28.2 Å². The van der Waals surface area contributed by atoms with E-state index in [1.165, 1.54) is 30.8 Å². The van der Waals surface area contributed by atoms with Crippen LogP contribution in [0.3, 0.4) is 0 Å². The highest BCUT2D eigenvalue weighted by Gasteiger charge is 1.99. The molecule has 2 nitrogen and oxygen atoms in total. The second-order valence-electron chi connectivity index (χ2n) is 3.06. The Morgan fingerprint density at radius 3 is 2.71 bits per heavy atom. The van der Waals surface area contributed by atoms with E-state index in [2.05, 4.69) is 9.36 Å². The van der Waals surface area contributed by atoms with Crippen LogP contribution in [0.15, 0.2) is 4.34 Å². The van der Waals surface area contributed by atoms with E-state index >= 15 is 0 Å². The summed E-state index contributed by atoms with van der Waals surface area (Å²) >= 11 is 8.90. The topological polar surface area (TPSA) is 25.8 Å². The SMILES string of the molecule is Cc1nsc(SCCCCCCCl)n1. The van der Waals surface area contributed by atoms with E-state index in [9.17, 15) is 0 Å². The summed E-state index contributed by atoms with van der Waals surface area (Å²) in [6.07, 6.45) is 4.92. The number of alkyl halides is 1. The van der Waals surface area contributed by atoms with Crippen LogP contribution < -0.4 is 0 Å². The number of unbranched alkanes of at least 4 members (excludes halogenated alkanes) is 3. The van der Waals surface area contributed by atoms with Gasteiger partial charge in [0.05, 0.1) is 0 Å². The lowest BCUT2D eigenvalue weighted by Crippen LogP contribution is -1.82. The highest BCUT2D eigenvalue weighted by Crippen LogP contribution is 2.21. The molecule has 0 amide bonds. The summed E-state index contributed by atoms with van der Waals surface area (Å²) in [6.45, 7) is 1.93. The minimum Gasteiger partial charge on any atom is -0.213 e. The largest absolute Gasteiger partial charge is 0.213 e. The van der Waals surface area contributed by atoms with Crippen LogP contribution in [-0.4, -0.2) is 21.0 Å². The van der Waals surface area contributed by atoms with Gasteiger partial charge in [0.1, 0.15) is 5.82 Å². The molecule has 1 aromatic rings. The van der Waals surface area contributed by atoms with Gasteiger partial charge in [-0.1, -0.05) is 24.6 Å². The van der Waals surface area contributed by atoms with Crippen LogP contribution in [0.4, 0.5) is 0 Å². The van der Waals surface area contributed by atoms with Gasteiger partial charge in [-0.15, -0.1) is 11.6 Å². The molecule has 0 aliphatic rings. The van der Waals surface area contributed by atoms with Gasteiger partial charge in [-0.2, -0.15) is 4.37 Å². The molecule has 1 rings (SSSR count). The molecule has 0 fully saturated rings. The summed E-state index contributed by atoms with van der Waals surface area (Å²) in [6, 6.07) is 0. The number of aryl methyl sites for hydroxylation is 1. The highest BCUT2D eigenvalue weighted by atomic mass is 35.5. The van der Waals surface area contributed by atoms with Crippen LogP contribution in [0.1, 0.15) is 31.5 Å². The Morgan fingerprint density at radius 2 is 2.07 bits per heavy atom. The van der Waals surface area contributed by atoms with E-state index in [0.29, 0.717) is 0 Å². The van der Waals surface area contributed by atoms with Crippen LogP contribution in [0.25, 0.3) is 0 Å². The van der Waals surface area contributed by atoms with Crippen molar-refractivity contribution < 1.29 is 0 Å². The van der Waals surface area contributed by atoms with Crippen LogP contribution in [0.2, 0.25) is 0 Å². The van der Waals surface area contributed by atoms with Gasteiger partial charge in [0.25, 0.3) is 0 Å². The lowest BCUT2D eigenvalue weighted by molar-refractivity contribution is 0.709. The molecule has 0 aromatic carbocycles. The Morgan fingerprint density at radius 1 is 1.29 bits per heavy atom. The van der Waals surface area contributed by atoms with E-state index in [1.54, 1.807) is 0 Å². The zero-order valence-electron chi connectivity index (χ0n) is 8.33. The van der Waals surface area contributed by atoms with Gasteiger partial charge in [-0.25, -0.2) is 4.98 Å². The smallest absolute Gasteiger partial charge is 0.170 e. The van der Waals surface area contributed by atoms with E-state index < -0.39 is 0 Å². The monoisotopic (exact) mass is 250 g/mol. The fraction of sp³-hybridized carbons (Fsp3) is 0.778. The van der Waals surface area contributed by atoms with Crippen molar-refractivity contribution in [3.05, 3.63) is 5.82 Å². The highest BCUT2D eigenvalue weighted by molar-refractivity contribution is 8.00. The van der Waals surface area contributed by atoms with Crippen LogP contribution in [0.5, 0.6) is 0 Å². The summed E-state index contributed by atoms with van der Waals surface area (Å²) in [5.74, 6) is 2.83. The molecule has 0 aliphatic carbocycles. The molecule has 0 bridgehead atoms. The molecule has 1 aromatic heterocycles. The molecule has 0 saturated heterocycles. The Bertz CT molecular complexity index is 253. The van der Waals surface area contributed by atoms with Crippen molar-refractivity contribution in [1.29, 1.82) is 0 Å². The quantitative estimate of drug-likeness (QED) is 0.419. The van der Waals surface area contributed by atoms with Gasteiger partial charge < -0.3 is 0 Å². The van der Waals surface area contributed by atoms with Crippen molar-refractivity contribution in [3.8, 4) is 0 Å². The summed E-state index contributed by atoms with van der Waals surface area (Å²) in [4.78, 5) is 4.29. The van der Waals surface area contributed by atoms with Crippen molar-refractivity contribution in [1.82, 2.24) is 9.36 Å². The molecule has 0 N–H and O–H groups in total. The van der Waals surface area contributed by atoms with Gasteiger partial charge >= 0.3 is 0 Å². The van der Waals surface area contributed by atoms with Gasteiger partial charge in [-0.05, 0) is 31.3 Å². The van der Waals surface area contributed by atoms with Gasteiger partial charge in [-0.3, -0.25) is 0 Å². The number of halogens is 1. The summed E-state index contributed by atoms with van der Waals surface area (Å²) in [5.41, 5.74) is 0. The molecule has 0 spiro atoms. The number of nitrogens with zero attached hydrogens (tertiary/aromatic N) is 2. The van der Waals surface area contributed by atoms with E-state index in [4.69, 9.17) is 11.6 Å². The molecule has 1 heterocycles. The van der Waals surface area contributed by atoms with Gasteiger partial charge in [0, 0.05) is 11.6 Å². The van der Waals surface area contributed by atoms with Crippen molar-refractivity contribution >= 4 is 34.9 Å². The molecule has 5 heteroatoms. The van der Waals surface area contributed by atoms with Crippen molar-refractivity contribution in [2.75, 3.05) is 11.6 Å². The number of thioether (sulfide) groups is 1. The fourth-order valence-corrected chi connectivity index (χ4v) is 2.95. The maximum atomic E-state index is 5.59. The second-order valence-corrected chi connectivity index (χ2v) is 5.53. The zero-order chi connectivity index (χ0) is 10.2. The van der Waals surface area contributed by atoms with Gasteiger partial charge in [0.2, 0.25) is 0 Å². The molecule has 0 atom stereocenters. The molecule has 0 saturated carbocycles. The molecule has 0 radical (unpaired) electrons. The maximum absolute atomic E-state index is 5.59. The van der Waals surface area contributed by atoms with Crippen LogP contribution >= 0.6 is 34.9 Å². The predicted molar refractivity (Wildman–Crippen MR) is 64.6 cm³/mol. The van der Waals surface area contributed by atoms with Crippen LogP contribution in [0, 0.1) is 6.92 Å². The molecule has 0 aliphatic heterocycles. The molecule has 14 heavy (non-hydrogen) atoms. The van der Waals surface area contributed by atoms with Gasteiger partial charge in [0.15, 0.2) is 4.34 Å². The summed E-state index contributed by atoms with van der Waals surface area (Å²) in [5, 5.41) is 0. The molecular formula is C9H15ClN2S2. The average Bonchev–Trinajstić information content (AvgIpc) is 2.58. The summed E-state index contributed by atoms with van der Waals surface area (Å²) in [7, 11) is 0. The Kier molecular flexibility index (Phi) is 6.56.